The normalized spacial score (nSPS) is 10.1. The van der Waals surface area contributed by atoms with Crippen molar-refractivity contribution >= 4 is 11.4 Å². The highest BCUT2D eigenvalue weighted by molar-refractivity contribution is 5.55. The molecule has 0 aliphatic heterocycles. The second-order valence-corrected chi connectivity index (χ2v) is 3.73. The first-order valence-corrected chi connectivity index (χ1v) is 5.21. The van der Waals surface area contributed by atoms with E-state index < -0.39 is 4.92 Å². The number of rotatable bonds is 3. The van der Waals surface area contributed by atoms with E-state index >= 15 is 0 Å². The molecule has 0 spiro atoms. The smallest absolute Gasteiger partial charge is 0.331 e. The predicted octanol–water partition coefficient (Wildman–Crippen LogP) is 2.67. The molecule has 0 aliphatic rings. The molecule has 2 aromatic rings. The van der Waals surface area contributed by atoms with Gasteiger partial charge >= 0.3 is 5.69 Å². The molecule has 92 valence electrons. The number of nitro groups is 1. The number of aromatic nitrogens is 1. The van der Waals surface area contributed by atoms with Crippen LogP contribution in [-0.2, 0) is 0 Å². The molecule has 1 aromatic carbocycles. The first kappa shape index (κ1) is 11.8. The zero-order valence-corrected chi connectivity index (χ0v) is 9.66. The molecule has 2 rings (SSSR count). The summed E-state index contributed by atoms with van der Waals surface area (Å²) in [5.41, 5.74) is 6.61. The maximum absolute atomic E-state index is 10.9. The van der Waals surface area contributed by atoms with Crippen molar-refractivity contribution < 1.29 is 9.66 Å². The van der Waals surface area contributed by atoms with E-state index in [4.69, 9.17) is 10.5 Å². The van der Waals surface area contributed by atoms with Gasteiger partial charge in [0.05, 0.1) is 10.6 Å². The third-order valence-electron chi connectivity index (χ3n) is 2.29. The SMILES string of the molecule is Cc1cnc(Oc2ccccc2N)c([N+](=O)[O-])c1. The molecule has 0 aliphatic carbocycles. The molecule has 0 unspecified atom stereocenters. The first-order valence-electron chi connectivity index (χ1n) is 5.21. The number of nitrogens with two attached hydrogens (primary N) is 1. The lowest BCUT2D eigenvalue weighted by atomic mass is 10.3. The van der Waals surface area contributed by atoms with Gasteiger partial charge < -0.3 is 10.5 Å². The molecule has 0 bridgehead atoms. The van der Waals surface area contributed by atoms with Crippen LogP contribution in [0.15, 0.2) is 36.5 Å². The zero-order valence-electron chi connectivity index (χ0n) is 9.66. The van der Waals surface area contributed by atoms with E-state index in [1.54, 1.807) is 31.2 Å². The summed E-state index contributed by atoms with van der Waals surface area (Å²) in [6.45, 7) is 1.72. The van der Waals surface area contributed by atoms with Crippen LogP contribution in [0.2, 0.25) is 0 Å². The van der Waals surface area contributed by atoms with Crippen molar-refractivity contribution in [3.05, 3.63) is 52.2 Å². The van der Waals surface area contributed by atoms with Gasteiger partial charge in [0.15, 0.2) is 5.75 Å². The fourth-order valence-electron chi connectivity index (χ4n) is 1.43. The number of hydrogen-bond acceptors (Lipinski definition) is 5. The molecule has 2 N–H and O–H groups in total. The molecule has 6 heteroatoms. The zero-order chi connectivity index (χ0) is 13.1. The lowest BCUT2D eigenvalue weighted by Crippen LogP contribution is -1.98. The van der Waals surface area contributed by atoms with Crippen molar-refractivity contribution in [2.24, 2.45) is 0 Å². The minimum absolute atomic E-state index is 0.0662. The van der Waals surface area contributed by atoms with Gasteiger partial charge in [-0.25, -0.2) is 4.98 Å². The quantitative estimate of drug-likeness (QED) is 0.510. The van der Waals surface area contributed by atoms with E-state index in [2.05, 4.69) is 4.98 Å². The van der Waals surface area contributed by atoms with Crippen LogP contribution in [0.1, 0.15) is 5.56 Å². The predicted molar refractivity (Wildman–Crippen MR) is 66.6 cm³/mol. The monoisotopic (exact) mass is 245 g/mol. The van der Waals surface area contributed by atoms with Crippen LogP contribution in [0.5, 0.6) is 11.6 Å². The van der Waals surface area contributed by atoms with Crippen molar-refractivity contribution in [2.45, 2.75) is 6.92 Å². The molecule has 0 radical (unpaired) electrons. The highest BCUT2D eigenvalue weighted by atomic mass is 16.6. The van der Waals surface area contributed by atoms with Crippen LogP contribution in [0.3, 0.4) is 0 Å². The summed E-state index contributed by atoms with van der Waals surface area (Å²) >= 11 is 0. The molecule has 0 atom stereocenters. The molecule has 0 saturated carbocycles. The van der Waals surface area contributed by atoms with E-state index in [1.807, 2.05) is 0 Å². The summed E-state index contributed by atoms with van der Waals surface area (Å²) in [5.74, 6) is 0.278. The molecule has 1 aromatic heterocycles. The molecular formula is C12H11N3O3. The Morgan fingerprint density at radius 1 is 1.39 bits per heavy atom. The Hall–Kier alpha value is -2.63. The van der Waals surface area contributed by atoms with Crippen molar-refractivity contribution in [2.75, 3.05) is 5.73 Å². The molecule has 6 nitrogen and oxygen atoms in total. The third-order valence-corrected chi connectivity index (χ3v) is 2.29. The number of benzene rings is 1. The fourth-order valence-corrected chi connectivity index (χ4v) is 1.43. The average Bonchev–Trinajstić information content (AvgIpc) is 2.34. The minimum Gasteiger partial charge on any atom is -0.431 e. The van der Waals surface area contributed by atoms with Crippen LogP contribution >= 0.6 is 0 Å². The number of nitrogen functional groups attached to an aromatic ring is 1. The summed E-state index contributed by atoms with van der Waals surface area (Å²) in [6, 6.07) is 8.16. The van der Waals surface area contributed by atoms with Gasteiger partial charge in [-0.05, 0) is 24.6 Å². The molecule has 0 amide bonds. The van der Waals surface area contributed by atoms with Crippen LogP contribution in [0, 0.1) is 17.0 Å². The summed E-state index contributed by atoms with van der Waals surface area (Å²) in [4.78, 5) is 14.3. The summed E-state index contributed by atoms with van der Waals surface area (Å²) in [7, 11) is 0. The van der Waals surface area contributed by atoms with Gasteiger partial charge in [-0.1, -0.05) is 12.1 Å². The highest BCUT2D eigenvalue weighted by Crippen LogP contribution is 2.32. The van der Waals surface area contributed by atoms with Gasteiger partial charge in [0.1, 0.15) is 0 Å². The van der Waals surface area contributed by atoms with Crippen LogP contribution < -0.4 is 10.5 Å². The lowest BCUT2D eigenvalue weighted by molar-refractivity contribution is -0.386. The number of ether oxygens (including phenoxy) is 1. The van der Waals surface area contributed by atoms with Crippen LogP contribution in [0.4, 0.5) is 11.4 Å². The molecule has 0 saturated heterocycles. The van der Waals surface area contributed by atoms with E-state index in [0.29, 0.717) is 17.0 Å². The Balaban J connectivity index is 2.41. The number of para-hydroxylation sites is 2. The van der Waals surface area contributed by atoms with Crippen molar-refractivity contribution in [3.63, 3.8) is 0 Å². The number of hydrogen-bond donors (Lipinski definition) is 1. The van der Waals surface area contributed by atoms with Gasteiger partial charge in [-0.15, -0.1) is 0 Å². The average molecular weight is 245 g/mol. The number of pyridine rings is 1. The van der Waals surface area contributed by atoms with Crippen LogP contribution in [0.25, 0.3) is 0 Å². The lowest BCUT2D eigenvalue weighted by Gasteiger charge is -2.07. The second kappa shape index (κ2) is 4.70. The first-order chi connectivity index (χ1) is 8.58. The van der Waals surface area contributed by atoms with Crippen molar-refractivity contribution in [1.82, 2.24) is 4.98 Å². The topological polar surface area (TPSA) is 91.3 Å². The second-order valence-electron chi connectivity index (χ2n) is 3.73. The fraction of sp³-hybridized carbons (Fsp3) is 0.0833. The molecule has 0 fully saturated rings. The van der Waals surface area contributed by atoms with Gasteiger partial charge in [0.25, 0.3) is 5.88 Å². The summed E-state index contributed by atoms with van der Waals surface area (Å²) < 4.78 is 5.38. The van der Waals surface area contributed by atoms with E-state index in [-0.39, 0.29) is 11.6 Å². The van der Waals surface area contributed by atoms with Gasteiger partial charge in [0.2, 0.25) is 0 Å². The minimum atomic E-state index is -0.533. The van der Waals surface area contributed by atoms with Gasteiger partial charge in [-0.2, -0.15) is 0 Å². The summed E-state index contributed by atoms with van der Waals surface area (Å²) in [6.07, 6.45) is 1.50. The molecule has 18 heavy (non-hydrogen) atoms. The van der Waals surface area contributed by atoms with Crippen LogP contribution in [-0.4, -0.2) is 9.91 Å². The Kier molecular flexibility index (Phi) is 3.09. The molecular weight excluding hydrogens is 234 g/mol. The van der Waals surface area contributed by atoms with Gasteiger partial charge in [0, 0.05) is 12.3 Å². The Morgan fingerprint density at radius 2 is 2.11 bits per heavy atom. The van der Waals surface area contributed by atoms with Gasteiger partial charge in [-0.3, -0.25) is 10.1 Å². The summed E-state index contributed by atoms with van der Waals surface area (Å²) in [5, 5.41) is 10.9. The Bertz CT molecular complexity index is 599. The largest absolute Gasteiger partial charge is 0.431 e. The van der Waals surface area contributed by atoms with E-state index in [1.165, 1.54) is 12.3 Å². The highest BCUT2D eigenvalue weighted by Gasteiger charge is 2.18. The number of nitrogens with zero attached hydrogens (tertiary/aromatic N) is 2. The maximum atomic E-state index is 10.9. The van der Waals surface area contributed by atoms with E-state index in [9.17, 15) is 10.1 Å². The third kappa shape index (κ3) is 2.37. The Labute approximate surface area is 103 Å². The maximum Gasteiger partial charge on any atom is 0.331 e. The van der Waals surface area contributed by atoms with Crippen molar-refractivity contribution in [3.8, 4) is 11.6 Å². The molecule has 1 heterocycles. The van der Waals surface area contributed by atoms with E-state index in [0.717, 1.165) is 0 Å². The number of anilines is 1. The standard InChI is InChI=1S/C12H11N3O3/c1-8-6-10(15(16)17)12(14-7-8)18-11-5-3-2-4-9(11)13/h2-7H,13H2,1H3. The number of aryl methyl sites for hydroxylation is 1. The van der Waals surface area contributed by atoms with Crippen molar-refractivity contribution in [1.29, 1.82) is 0 Å². The Morgan fingerprint density at radius 3 is 2.78 bits per heavy atom.